The predicted octanol–water partition coefficient (Wildman–Crippen LogP) is 6.35. The number of pyridine rings is 1. The average Bonchev–Trinajstić information content (AvgIpc) is 3.18. The molecule has 0 bridgehead atoms. The first kappa shape index (κ1) is 23.0. The van der Waals surface area contributed by atoms with Crippen LogP contribution in [0.4, 0.5) is 4.39 Å². The monoisotopic (exact) mass is 481 g/mol. The lowest BCUT2D eigenvalue weighted by Gasteiger charge is -2.37. The lowest BCUT2D eigenvalue weighted by Crippen LogP contribution is -2.46. The van der Waals surface area contributed by atoms with Gasteiger partial charge in [-0.15, -0.1) is 0 Å². The molecule has 0 saturated carbocycles. The van der Waals surface area contributed by atoms with Crippen LogP contribution in [0, 0.1) is 12.8 Å². The number of benzene rings is 2. The number of hydrogen-bond acceptors (Lipinski definition) is 3. The van der Waals surface area contributed by atoms with E-state index in [9.17, 15) is 4.39 Å². The second-order valence-corrected chi connectivity index (χ2v) is 10.2. The van der Waals surface area contributed by atoms with Gasteiger partial charge in [0.05, 0.1) is 19.5 Å². The summed E-state index contributed by atoms with van der Waals surface area (Å²) in [4.78, 5) is 7.11. The maximum absolute atomic E-state index is 12.8. The van der Waals surface area contributed by atoms with Gasteiger partial charge in [-0.1, -0.05) is 30.3 Å². The van der Waals surface area contributed by atoms with E-state index in [0.717, 1.165) is 56.0 Å². The molecule has 6 rings (SSSR count). The highest BCUT2D eigenvalue weighted by atomic mass is 19.1. The first-order chi connectivity index (χ1) is 17.6. The maximum Gasteiger partial charge on any atom is 0.137 e. The largest absolute Gasteiger partial charge is 0.497 e. The molecule has 4 aromatic rings. The number of aryl methyl sites for hydroxylation is 2. The Labute approximate surface area is 212 Å². The average molecular weight is 482 g/mol. The third-order valence-corrected chi connectivity index (χ3v) is 7.65. The van der Waals surface area contributed by atoms with Gasteiger partial charge in [-0.25, -0.2) is 4.98 Å². The maximum atomic E-state index is 12.8. The highest BCUT2D eigenvalue weighted by Crippen LogP contribution is 2.41. The Morgan fingerprint density at radius 1 is 1.00 bits per heavy atom. The molecule has 0 unspecified atom stereocenters. The highest BCUT2D eigenvalue weighted by molar-refractivity contribution is 6.00. The quantitative estimate of drug-likeness (QED) is 0.322. The van der Waals surface area contributed by atoms with Crippen LogP contribution in [0.1, 0.15) is 46.4 Å². The third kappa shape index (κ3) is 4.22. The van der Waals surface area contributed by atoms with Gasteiger partial charge in [0.1, 0.15) is 11.4 Å². The number of methoxy groups -OCH3 is 1. The minimum atomic E-state index is -0.225. The van der Waals surface area contributed by atoms with Crippen LogP contribution in [-0.4, -0.2) is 41.2 Å². The minimum Gasteiger partial charge on any atom is -0.497 e. The minimum absolute atomic E-state index is 0.189. The molecular formula is C31H32FN3O. The van der Waals surface area contributed by atoms with Gasteiger partial charge >= 0.3 is 0 Å². The summed E-state index contributed by atoms with van der Waals surface area (Å²) in [5.74, 6) is 1.09. The number of allylic oxidation sites excluding steroid dienone is 1. The molecule has 0 radical (unpaired) electrons. The van der Waals surface area contributed by atoms with Crippen molar-refractivity contribution >= 4 is 16.8 Å². The number of halogens is 1. The molecule has 2 aromatic carbocycles. The van der Waals surface area contributed by atoms with Crippen molar-refractivity contribution in [3.8, 4) is 5.75 Å². The Morgan fingerprint density at radius 3 is 2.67 bits per heavy atom. The molecule has 1 saturated heterocycles. The molecule has 1 aliphatic heterocycles. The highest BCUT2D eigenvalue weighted by Gasteiger charge is 2.27. The SMILES string of the molecule is COc1ccc2c(c1)CCCC(c1ccccc1C)=C2c1ccc2nc(CN3CC(CF)C3)cn2c1. The van der Waals surface area contributed by atoms with Crippen LogP contribution in [0.5, 0.6) is 5.75 Å². The van der Waals surface area contributed by atoms with E-state index < -0.39 is 0 Å². The first-order valence-corrected chi connectivity index (χ1v) is 12.9. The van der Waals surface area contributed by atoms with Crippen molar-refractivity contribution in [1.29, 1.82) is 0 Å². The molecule has 184 valence electrons. The smallest absolute Gasteiger partial charge is 0.137 e. The zero-order valence-electron chi connectivity index (χ0n) is 21.0. The molecule has 1 fully saturated rings. The summed E-state index contributed by atoms with van der Waals surface area (Å²) in [6.07, 6.45) is 7.49. The van der Waals surface area contributed by atoms with Gasteiger partial charge in [-0.3, -0.25) is 9.29 Å². The van der Waals surface area contributed by atoms with Gasteiger partial charge in [-0.2, -0.15) is 0 Å². The molecule has 2 aliphatic rings. The van der Waals surface area contributed by atoms with Crippen LogP contribution in [-0.2, 0) is 13.0 Å². The number of imidazole rings is 1. The summed E-state index contributed by atoms with van der Waals surface area (Å²) in [5.41, 5.74) is 11.1. The van der Waals surface area contributed by atoms with E-state index in [-0.39, 0.29) is 12.6 Å². The van der Waals surface area contributed by atoms with Gasteiger partial charge in [-0.05, 0) is 89.4 Å². The topological polar surface area (TPSA) is 29.8 Å². The Balaban J connectivity index is 1.46. The lowest BCUT2D eigenvalue weighted by molar-refractivity contribution is 0.0727. The number of nitrogens with zero attached hydrogens (tertiary/aromatic N) is 3. The molecule has 2 aromatic heterocycles. The molecule has 0 N–H and O–H groups in total. The first-order valence-electron chi connectivity index (χ1n) is 12.9. The van der Waals surface area contributed by atoms with Gasteiger partial charge in [0, 0.05) is 37.9 Å². The van der Waals surface area contributed by atoms with Crippen molar-refractivity contribution in [1.82, 2.24) is 14.3 Å². The molecule has 0 spiro atoms. The summed E-state index contributed by atoms with van der Waals surface area (Å²) in [7, 11) is 1.73. The van der Waals surface area contributed by atoms with Gasteiger partial charge in [0.15, 0.2) is 0 Å². The summed E-state index contributed by atoms with van der Waals surface area (Å²) >= 11 is 0. The molecule has 0 amide bonds. The number of likely N-dealkylation sites (tertiary alicyclic amines) is 1. The zero-order valence-corrected chi connectivity index (χ0v) is 21.0. The van der Waals surface area contributed by atoms with Crippen molar-refractivity contribution < 1.29 is 9.13 Å². The van der Waals surface area contributed by atoms with Crippen LogP contribution in [0.3, 0.4) is 0 Å². The number of alkyl halides is 1. The van der Waals surface area contributed by atoms with Crippen molar-refractivity contribution in [3.63, 3.8) is 0 Å². The molecule has 3 heterocycles. The molecule has 36 heavy (non-hydrogen) atoms. The van der Waals surface area contributed by atoms with Crippen molar-refractivity contribution in [3.05, 3.63) is 101 Å². The van der Waals surface area contributed by atoms with Gasteiger partial charge < -0.3 is 9.14 Å². The summed E-state index contributed by atoms with van der Waals surface area (Å²) in [6.45, 7) is 4.39. The Hall–Kier alpha value is -3.44. The van der Waals surface area contributed by atoms with Crippen LogP contribution < -0.4 is 4.74 Å². The number of rotatable bonds is 6. The zero-order chi connectivity index (χ0) is 24.6. The second-order valence-electron chi connectivity index (χ2n) is 10.2. The van der Waals surface area contributed by atoms with Crippen molar-refractivity contribution in [2.45, 2.75) is 32.7 Å². The van der Waals surface area contributed by atoms with E-state index in [1.807, 2.05) is 0 Å². The molecule has 5 heteroatoms. The fourth-order valence-corrected chi connectivity index (χ4v) is 5.80. The van der Waals surface area contributed by atoms with Crippen LogP contribution in [0.15, 0.2) is 67.0 Å². The Bertz CT molecular complexity index is 1450. The predicted molar refractivity (Wildman–Crippen MR) is 143 cm³/mol. The van der Waals surface area contributed by atoms with E-state index in [2.05, 4.69) is 83.2 Å². The molecular weight excluding hydrogens is 449 g/mol. The summed E-state index contributed by atoms with van der Waals surface area (Å²) in [5, 5.41) is 0. The molecule has 0 atom stereocenters. The number of aromatic nitrogens is 2. The normalized spacial score (nSPS) is 16.6. The van der Waals surface area contributed by atoms with E-state index >= 15 is 0 Å². The third-order valence-electron chi connectivity index (χ3n) is 7.65. The standard InChI is InChI=1S/C31H32FN3O/c1-21-6-3-4-8-27(21)29-9-5-7-23-14-26(36-2)11-12-28(23)31(29)24-10-13-30-33-25(20-35(30)18-24)19-34-16-22(15-32)17-34/h3-4,6,8,10-14,18,20,22H,5,7,9,15-17,19H2,1-2H3. The number of ether oxygens (including phenoxy) is 1. The van der Waals surface area contributed by atoms with Crippen LogP contribution in [0.25, 0.3) is 16.8 Å². The Kier molecular flexibility index (Phi) is 6.10. The lowest BCUT2D eigenvalue weighted by atomic mass is 9.87. The fourth-order valence-electron chi connectivity index (χ4n) is 5.80. The van der Waals surface area contributed by atoms with Gasteiger partial charge in [0.25, 0.3) is 0 Å². The van der Waals surface area contributed by atoms with E-state index in [1.54, 1.807) is 7.11 Å². The number of fused-ring (bicyclic) bond motifs is 2. The van der Waals surface area contributed by atoms with Crippen LogP contribution >= 0.6 is 0 Å². The second kappa shape index (κ2) is 9.55. The Morgan fingerprint density at radius 2 is 1.86 bits per heavy atom. The number of hydrogen-bond donors (Lipinski definition) is 0. The van der Waals surface area contributed by atoms with Crippen molar-refractivity contribution in [2.24, 2.45) is 5.92 Å². The van der Waals surface area contributed by atoms with Crippen molar-refractivity contribution in [2.75, 3.05) is 26.9 Å². The summed E-state index contributed by atoms with van der Waals surface area (Å²) < 4.78 is 20.5. The van der Waals surface area contributed by atoms with Gasteiger partial charge in [0.2, 0.25) is 0 Å². The summed E-state index contributed by atoms with van der Waals surface area (Å²) in [6, 6.07) is 19.5. The van der Waals surface area contributed by atoms with E-state index in [0.29, 0.717) is 0 Å². The van der Waals surface area contributed by atoms with E-state index in [4.69, 9.17) is 9.72 Å². The van der Waals surface area contributed by atoms with Crippen LogP contribution in [0.2, 0.25) is 0 Å². The van der Waals surface area contributed by atoms with E-state index in [1.165, 1.54) is 39.0 Å². The fraction of sp³-hybridized carbons (Fsp3) is 0.323. The molecule has 1 aliphatic carbocycles. The molecule has 4 nitrogen and oxygen atoms in total.